The molecule has 0 amide bonds. The number of hydrogen-bond donors (Lipinski definition) is 0. The average Bonchev–Trinajstić information content (AvgIpc) is 3.49. The summed E-state index contributed by atoms with van der Waals surface area (Å²) in [5.41, 5.74) is 0. The van der Waals surface area contributed by atoms with Gasteiger partial charge < -0.3 is 14.2 Å². The third-order valence-corrected chi connectivity index (χ3v) is 17.5. The number of carbonyl (C=O) groups is 3. The summed E-state index contributed by atoms with van der Waals surface area (Å²) in [4.78, 5) is 38.5. The van der Waals surface area contributed by atoms with Gasteiger partial charge in [-0.15, -0.1) is 0 Å². The normalized spacial score (nSPS) is 12.1. The Morgan fingerprint density at radius 3 is 0.663 bits per heavy atom. The molecule has 0 aliphatic rings. The van der Waals surface area contributed by atoms with Crippen LogP contribution in [0.4, 0.5) is 0 Å². The highest BCUT2D eigenvalue weighted by Crippen LogP contribution is 2.19. The van der Waals surface area contributed by atoms with Gasteiger partial charge in [0.25, 0.3) is 0 Å². The van der Waals surface area contributed by atoms with Gasteiger partial charge in [0.15, 0.2) is 6.10 Å². The van der Waals surface area contributed by atoms with Crippen molar-refractivity contribution in [3.8, 4) is 0 Å². The minimum absolute atomic E-state index is 0.0649. The van der Waals surface area contributed by atoms with Gasteiger partial charge in [0, 0.05) is 19.3 Å². The second-order valence-corrected chi connectivity index (χ2v) is 25.9. The highest BCUT2D eigenvalue weighted by atomic mass is 16.6. The van der Waals surface area contributed by atoms with Crippen molar-refractivity contribution < 1.29 is 28.6 Å². The molecule has 490 valence electrons. The first-order chi connectivity index (χ1) is 41.0. The summed E-state index contributed by atoms with van der Waals surface area (Å²) in [6, 6.07) is 0. The molecular weight excluding hydrogens is 1020 g/mol. The highest BCUT2D eigenvalue weighted by molar-refractivity contribution is 5.71. The van der Waals surface area contributed by atoms with Gasteiger partial charge in [-0.05, 0) is 51.4 Å². The van der Waals surface area contributed by atoms with Crippen LogP contribution in [0.25, 0.3) is 0 Å². The number of ether oxygens (including phenoxy) is 3. The Hall–Kier alpha value is -2.11. The monoisotopic (exact) mass is 1170 g/mol. The van der Waals surface area contributed by atoms with E-state index in [0.29, 0.717) is 19.3 Å². The van der Waals surface area contributed by atoms with Crippen molar-refractivity contribution in [2.45, 2.75) is 438 Å². The highest BCUT2D eigenvalue weighted by Gasteiger charge is 2.20. The Balaban J connectivity index is 4.22. The van der Waals surface area contributed by atoms with Crippen molar-refractivity contribution in [1.29, 1.82) is 0 Å². The first kappa shape index (κ1) is 80.9. The first-order valence-electron chi connectivity index (χ1n) is 37.8. The number of unbranched alkanes of at least 4 members (excludes halogenated alkanes) is 56. The quantitative estimate of drug-likeness (QED) is 0.0261. The average molecular weight is 1170 g/mol. The van der Waals surface area contributed by atoms with Gasteiger partial charge in [0.05, 0.1) is 0 Å². The molecule has 0 rings (SSSR count). The molecule has 83 heavy (non-hydrogen) atoms. The van der Waals surface area contributed by atoms with Crippen LogP contribution in [0.3, 0.4) is 0 Å². The smallest absolute Gasteiger partial charge is 0.306 e. The second-order valence-electron chi connectivity index (χ2n) is 25.9. The molecular formula is C77H146O6. The molecule has 0 aromatic carbocycles. The fourth-order valence-electron chi connectivity index (χ4n) is 11.8. The molecule has 0 saturated carbocycles. The van der Waals surface area contributed by atoms with E-state index < -0.39 is 6.10 Å². The maximum Gasteiger partial charge on any atom is 0.306 e. The van der Waals surface area contributed by atoms with Crippen LogP contribution in [-0.2, 0) is 28.6 Å². The van der Waals surface area contributed by atoms with Gasteiger partial charge in [-0.3, -0.25) is 14.4 Å². The molecule has 0 N–H and O–H groups in total. The molecule has 6 heteroatoms. The van der Waals surface area contributed by atoms with Crippen LogP contribution in [-0.4, -0.2) is 37.2 Å². The molecule has 0 aromatic heterocycles. The van der Waals surface area contributed by atoms with Crippen LogP contribution >= 0.6 is 0 Å². The van der Waals surface area contributed by atoms with E-state index in [-0.39, 0.29) is 31.1 Å². The lowest BCUT2D eigenvalue weighted by Gasteiger charge is -2.18. The van der Waals surface area contributed by atoms with E-state index in [2.05, 4.69) is 45.1 Å². The van der Waals surface area contributed by atoms with Crippen molar-refractivity contribution in [3.63, 3.8) is 0 Å². The predicted molar refractivity (Wildman–Crippen MR) is 363 cm³/mol. The summed E-state index contributed by atoms with van der Waals surface area (Å²) in [6.45, 7) is 6.73. The van der Waals surface area contributed by atoms with E-state index in [1.807, 2.05) is 0 Å². The Labute approximate surface area is 519 Å². The fourth-order valence-corrected chi connectivity index (χ4v) is 11.8. The lowest BCUT2D eigenvalue weighted by Crippen LogP contribution is -2.30. The van der Waals surface area contributed by atoms with E-state index in [1.54, 1.807) is 0 Å². The molecule has 0 aliphatic carbocycles. The molecule has 0 aromatic rings. The number of rotatable bonds is 71. The van der Waals surface area contributed by atoms with Gasteiger partial charge >= 0.3 is 17.9 Å². The summed E-state index contributed by atoms with van der Waals surface area (Å²) in [5.74, 6) is -0.830. The molecule has 0 radical (unpaired) electrons. The van der Waals surface area contributed by atoms with E-state index in [0.717, 1.165) is 64.2 Å². The number of esters is 3. The van der Waals surface area contributed by atoms with Crippen LogP contribution < -0.4 is 0 Å². The van der Waals surface area contributed by atoms with Crippen LogP contribution in [0.1, 0.15) is 432 Å². The molecule has 0 heterocycles. The van der Waals surface area contributed by atoms with E-state index >= 15 is 0 Å². The predicted octanol–water partition coefficient (Wildman–Crippen LogP) is 26.1. The van der Waals surface area contributed by atoms with Crippen molar-refractivity contribution in [3.05, 3.63) is 24.3 Å². The Bertz CT molecular complexity index is 1340. The molecule has 6 nitrogen and oxygen atoms in total. The van der Waals surface area contributed by atoms with Crippen LogP contribution in [0.15, 0.2) is 24.3 Å². The van der Waals surface area contributed by atoms with Crippen molar-refractivity contribution in [2.24, 2.45) is 0 Å². The molecule has 1 unspecified atom stereocenters. The molecule has 0 bridgehead atoms. The zero-order valence-corrected chi connectivity index (χ0v) is 56.5. The lowest BCUT2D eigenvalue weighted by atomic mass is 10.0. The number of carbonyl (C=O) groups excluding carboxylic acids is 3. The number of hydrogen-bond acceptors (Lipinski definition) is 6. The minimum atomic E-state index is -0.770. The topological polar surface area (TPSA) is 78.9 Å². The van der Waals surface area contributed by atoms with Crippen LogP contribution in [0, 0.1) is 0 Å². The molecule has 1 atom stereocenters. The Kier molecular flexibility index (Phi) is 70.5. The van der Waals surface area contributed by atoms with Gasteiger partial charge in [-0.1, -0.05) is 385 Å². The maximum atomic E-state index is 13.0. The third kappa shape index (κ3) is 70.5. The summed E-state index contributed by atoms with van der Waals surface area (Å²) >= 11 is 0. The summed E-state index contributed by atoms with van der Waals surface area (Å²) in [7, 11) is 0. The van der Waals surface area contributed by atoms with Crippen molar-refractivity contribution in [2.75, 3.05) is 13.2 Å². The standard InChI is InChI=1S/C77H146O6/c1-4-7-10-13-16-19-22-25-28-30-32-34-36-37-38-39-41-42-44-46-49-52-55-58-61-64-67-70-76(79)82-73-74(72-81-75(78)69-66-63-60-57-54-51-48-27-24-21-18-15-12-9-6-3)83-77(80)71-68-65-62-59-56-53-50-47-45-43-40-35-33-31-29-26-23-20-17-14-11-8-5-2/h23,26,31,33,74H,4-22,24-25,27-30,32,34-73H2,1-3H3/b26-23-,33-31-. The van der Waals surface area contributed by atoms with Crippen molar-refractivity contribution >= 4 is 17.9 Å². The second kappa shape index (κ2) is 72.4. The third-order valence-electron chi connectivity index (χ3n) is 17.5. The van der Waals surface area contributed by atoms with Gasteiger partial charge in [-0.25, -0.2) is 0 Å². The molecule has 0 fully saturated rings. The van der Waals surface area contributed by atoms with Crippen LogP contribution in [0.2, 0.25) is 0 Å². The van der Waals surface area contributed by atoms with Crippen molar-refractivity contribution in [1.82, 2.24) is 0 Å². The largest absolute Gasteiger partial charge is 0.462 e. The van der Waals surface area contributed by atoms with E-state index in [1.165, 1.54) is 327 Å². The molecule has 0 spiro atoms. The Morgan fingerprint density at radius 1 is 0.241 bits per heavy atom. The molecule has 0 aliphatic heterocycles. The van der Waals surface area contributed by atoms with Gasteiger partial charge in [-0.2, -0.15) is 0 Å². The summed E-state index contributed by atoms with van der Waals surface area (Å²) < 4.78 is 17.0. The van der Waals surface area contributed by atoms with Crippen LogP contribution in [0.5, 0.6) is 0 Å². The zero-order valence-electron chi connectivity index (χ0n) is 56.5. The minimum Gasteiger partial charge on any atom is -0.462 e. The SMILES string of the molecule is CCCCCCC/C=C\C/C=C\CCCCCCCCCCCCCC(=O)OC(COC(=O)CCCCCCCCCCCCCCCCC)COC(=O)CCCCCCCCCCCCCCCCCCCCCCCCCCCCC. The van der Waals surface area contributed by atoms with Gasteiger partial charge in [0.2, 0.25) is 0 Å². The molecule has 0 saturated heterocycles. The summed E-state index contributed by atoms with van der Waals surface area (Å²) in [5, 5.41) is 0. The Morgan fingerprint density at radius 2 is 0.434 bits per heavy atom. The summed E-state index contributed by atoms with van der Waals surface area (Å²) in [6.07, 6.45) is 89.4. The van der Waals surface area contributed by atoms with E-state index in [9.17, 15) is 14.4 Å². The van der Waals surface area contributed by atoms with E-state index in [4.69, 9.17) is 14.2 Å². The lowest BCUT2D eigenvalue weighted by molar-refractivity contribution is -0.167. The van der Waals surface area contributed by atoms with Gasteiger partial charge in [0.1, 0.15) is 13.2 Å². The first-order valence-corrected chi connectivity index (χ1v) is 37.8. The maximum absolute atomic E-state index is 13.0. The number of allylic oxidation sites excluding steroid dienone is 4. The zero-order chi connectivity index (χ0) is 59.9. The fraction of sp³-hybridized carbons (Fsp3) is 0.909.